The van der Waals surface area contributed by atoms with Crippen LogP contribution in [0.25, 0.3) is 11.4 Å². The van der Waals surface area contributed by atoms with Crippen LogP contribution in [0.2, 0.25) is 0 Å². The van der Waals surface area contributed by atoms with Gasteiger partial charge in [0.2, 0.25) is 0 Å². The zero-order valence-corrected chi connectivity index (χ0v) is 8.34. The van der Waals surface area contributed by atoms with E-state index in [9.17, 15) is 4.79 Å². The molecule has 0 atom stereocenters. The number of aldehydes is 1. The van der Waals surface area contributed by atoms with Gasteiger partial charge in [0.15, 0.2) is 12.1 Å². The normalized spacial score (nSPS) is 9.93. The van der Waals surface area contributed by atoms with E-state index in [4.69, 9.17) is 0 Å². The van der Waals surface area contributed by atoms with E-state index >= 15 is 0 Å². The number of aryl methyl sites for hydroxylation is 1. The van der Waals surface area contributed by atoms with Gasteiger partial charge in [-0.1, -0.05) is 23.8 Å². The maximum Gasteiger partial charge on any atom is 0.168 e. The van der Waals surface area contributed by atoms with Crippen LogP contribution in [0, 0.1) is 6.92 Å². The van der Waals surface area contributed by atoms with E-state index in [1.807, 2.05) is 31.2 Å². The van der Waals surface area contributed by atoms with Crippen LogP contribution in [0.3, 0.4) is 0 Å². The van der Waals surface area contributed by atoms with E-state index in [-0.39, 0.29) is 0 Å². The average Bonchev–Trinajstić information content (AvgIpc) is 2.29. The monoisotopic (exact) mass is 198 g/mol. The average molecular weight is 198 g/mol. The molecule has 0 N–H and O–H groups in total. The summed E-state index contributed by atoms with van der Waals surface area (Å²) in [6, 6.07) is 9.46. The molecular formula is C12H10N2O. The van der Waals surface area contributed by atoms with Crippen LogP contribution in [-0.4, -0.2) is 16.3 Å². The molecule has 2 rings (SSSR count). The molecule has 0 unspecified atom stereocenters. The predicted octanol–water partition coefficient (Wildman–Crippen LogP) is 2.26. The van der Waals surface area contributed by atoms with Gasteiger partial charge < -0.3 is 0 Å². The molecule has 1 aromatic heterocycles. The van der Waals surface area contributed by atoms with Gasteiger partial charge in [0.1, 0.15) is 5.69 Å². The van der Waals surface area contributed by atoms with Crippen LogP contribution in [-0.2, 0) is 0 Å². The van der Waals surface area contributed by atoms with Crippen LogP contribution < -0.4 is 0 Å². The van der Waals surface area contributed by atoms with Gasteiger partial charge in [-0.05, 0) is 19.1 Å². The summed E-state index contributed by atoms with van der Waals surface area (Å²) in [4.78, 5) is 18.8. The second-order valence-electron chi connectivity index (χ2n) is 3.29. The molecule has 0 amide bonds. The molecule has 1 heterocycles. The Morgan fingerprint density at radius 1 is 1.27 bits per heavy atom. The minimum atomic E-state index is 0.404. The third-order valence-electron chi connectivity index (χ3n) is 2.07. The summed E-state index contributed by atoms with van der Waals surface area (Å²) in [5.74, 6) is 0.586. The smallest absolute Gasteiger partial charge is 0.168 e. The third-order valence-corrected chi connectivity index (χ3v) is 2.07. The first-order valence-corrected chi connectivity index (χ1v) is 4.65. The van der Waals surface area contributed by atoms with Gasteiger partial charge in [-0.15, -0.1) is 0 Å². The number of aromatic nitrogens is 2. The van der Waals surface area contributed by atoms with Crippen molar-refractivity contribution >= 4 is 6.29 Å². The van der Waals surface area contributed by atoms with Crippen molar-refractivity contribution in [3.63, 3.8) is 0 Å². The Morgan fingerprint density at radius 3 is 2.87 bits per heavy atom. The van der Waals surface area contributed by atoms with Crippen molar-refractivity contribution in [2.24, 2.45) is 0 Å². The summed E-state index contributed by atoms with van der Waals surface area (Å²) in [6.07, 6.45) is 2.31. The lowest BCUT2D eigenvalue weighted by atomic mass is 10.1. The number of benzene rings is 1. The Kier molecular flexibility index (Phi) is 2.54. The highest BCUT2D eigenvalue weighted by molar-refractivity contribution is 5.72. The molecule has 0 saturated carbocycles. The lowest BCUT2D eigenvalue weighted by Gasteiger charge is -2.00. The number of hydrogen-bond donors (Lipinski definition) is 0. The molecule has 0 bridgehead atoms. The standard InChI is InChI=1S/C12H10N2O/c1-9-3-2-4-10(7-9)12-13-6-5-11(8-15)14-12/h2-8H,1H3. The first kappa shape index (κ1) is 9.52. The van der Waals surface area contributed by atoms with Gasteiger partial charge in [-0.2, -0.15) is 0 Å². The summed E-state index contributed by atoms with van der Waals surface area (Å²) in [7, 11) is 0. The minimum absolute atomic E-state index is 0.404. The highest BCUT2D eigenvalue weighted by Gasteiger charge is 2.01. The Balaban J connectivity index is 2.49. The van der Waals surface area contributed by atoms with E-state index in [2.05, 4.69) is 9.97 Å². The van der Waals surface area contributed by atoms with E-state index in [0.29, 0.717) is 11.5 Å². The van der Waals surface area contributed by atoms with Crippen LogP contribution in [0.1, 0.15) is 16.1 Å². The molecule has 0 fully saturated rings. The van der Waals surface area contributed by atoms with Gasteiger partial charge in [-0.25, -0.2) is 9.97 Å². The number of nitrogens with zero attached hydrogens (tertiary/aromatic N) is 2. The summed E-state index contributed by atoms with van der Waals surface area (Å²) in [5.41, 5.74) is 2.48. The lowest BCUT2D eigenvalue weighted by Crippen LogP contribution is -1.93. The van der Waals surface area contributed by atoms with Crippen LogP contribution >= 0.6 is 0 Å². The van der Waals surface area contributed by atoms with Crippen molar-refractivity contribution < 1.29 is 4.79 Å². The predicted molar refractivity (Wildman–Crippen MR) is 57.6 cm³/mol. The molecule has 0 radical (unpaired) electrons. The number of rotatable bonds is 2. The lowest BCUT2D eigenvalue weighted by molar-refractivity contribution is 0.111. The summed E-state index contributed by atoms with van der Waals surface area (Å²) in [5, 5.41) is 0. The molecule has 0 saturated heterocycles. The van der Waals surface area contributed by atoms with Gasteiger partial charge >= 0.3 is 0 Å². The Morgan fingerprint density at radius 2 is 2.13 bits per heavy atom. The summed E-state index contributed by atoms with van der Waals surface area (Å²) >= 11 is 0. The van der Waals surface area contributed by atoms with Gasteiger partial charge in [0.25, 0.3) is 0 Å². The van der Waals surface area contributed by atoms with Crippen molar-refractivity contribution in [2.75, 3.05) is 0 Å². The maximum atomic E-state index is 10.6. The van der Waals surface area contributed by atoms with Gasteiger partial charge in [-0.3, -0.25) is 4.79 Å². The Labute approximate surface area is 87.8 Å². The quantitative estimate of drug-likeness (QED) is 0.695. The highest BCUT2D eigenvalue weighted by Crippen LogP contribution is 2.15. The first-order chi connectivity index (χ1) is 7.29. The molecular weight excluding hydrogens is 188 g/mol. The second kappa shape index (κ2) is 4.00. The van der Waals surface area contributed by atoms with Crippen LogP contribution in [0.4, 0.5) is 0 Å². The fourth-order valence-electron chi connectivity index (χ4n) is 1.36. The number of hydrogen-bond acceptors (Lipinski definition) is 3. The van der Waals surface area contributed by atoms with Gasteiger partial charge in [0, 0.05) is 11.8 Å². The number of carbonyl (C=O) groups is 1. The topological polar surface area (TPSA) is 42.9 Å². The first-order valence-electron chi connectivity index (χ1n) is 4.65. The fraction of sp³-hybridized carbons (Fsp3) is 0.0833. The van der Waals surface area contributed by atoms with Gasteiger partial charge in [0.05, 0.1) is 0 Å². The van der Waals surface area contributed by atoms with Crippen LogP contribution in [0.15, 0.2) is 36.5 Å². The van der Waals surface area contributed by atoms with Crippen molar-refractivity contribution in [3.05, 3.63) is 47.8 Å². The zero-order chi connectivity index (χ0) is 10.7. The molecule has 3 heteroatoms. The second-order valence-corrected chi connectivity index (χ2v) is 3.29. The van der Waals surface area contributed by atoms with E-state index in [0.717, 1.165) is 17.4 Å². The Hall–Kier alpha value is -2.03. The third kappa shape index (κ3) is 2.07. The maximum absolute atomic E-state index is 10.6. The highest BCUT2D eigenvalue weighted by atomic mass is 16.1. The van der Waals surface area contributed by atoms with E-state index in [1.54, 1.807) is 12.3 Å². The minimum Gasteiger partial charge on any atom is -0.296 e. The molecule has 0 aliphatic rings. The zero-order valence-electron chi connectivity index (χ0n) is 8.34. The van der Waals surface area contributed by atoms with Crippen molar-refractivity contribution in [1.82, 2.24) is 9.97 Å². The molecule has 1 aromatic carbocycles. The number of carbonyl (C=O) groups excluding carboxylic acids is 1. The largest absolute Gasteiger partial charge is 0.296 e. The van der Waals surface area contributed by atoms with Crippen molar-refractivity contribution in [3.8, 4) is 11.4 Å². The molecule has 15 heavy (non-hydrogen) atoms. The molecule has 2 aromatic rings. The van der Waals surface area contributed by atoms with E-state index in [1.165, 1.54) is 0 Å². The van der Waals surface area contributed by atoms with Crippen molar-refractivity contribution in [1.29, 1.82) is 0 Å². The molecule has 74 valence electrons. The Bertz CT molecular complexity index is 494. The van der Waals surface area contributed by atoms with Crippen LogP contribution in [0.5, 0.6) is 0 Å². The fourth-order valence-corrected chi connectivity index (χ4v) is 1.36. The molecule has 0 aliphatic carbocycles. The molecule has 3 nitrogen and oxygen atoms in total. The summed E-state index contributed by atoms with van der Waals surface area (Å²) < 4.78 is 0. The SMILES string of the molecule is Cc1cccc(-c2nccc(C=O)n2)c1. The summed E-state index contributed by atoms with van der Waals surface area (Å²) in [6.45, 7) is 2.01. The molecule has 0 spiro atoms. The van der Waals surface area contributed by atoms with Crippen molar-refractivity contribution in [2.45, 2.75) is 6.92 Å². The molecule has 0 aliphatic heterocycles. The van der Waals surface area contributed by atoms with E-state index < -0.39 is 0 Å².